The minimum atomic E-state index is 0.487. The summed E-state index contributed by atoms with van der Waals surface area (Å²) in [5, 5.41) is 8.99. The fourth-order valence-corrected chi connectivity index (χ4v) is 1.78. The second-order valence-electron chi connectivity index (χ2n) is 4.46. The van der Waals surface area contributed by atoms with Crippen molar-refractivity contribution in [3.05, 3.63) is 53.9 Å². The molecular formula is C16H16N2O. The van der Waals surface area contributed by atoms with Gasteiger partial charge in [0.25, 0.3) is 0 Å². The van der Waals surface area contributed by atoms with Crippen LogP contribution < -0.4 is 4.74 Å². The summed E-state index contributed by atoms with van der Waals surface area (Å²) in [6.07, 6.45) is 4.25. The van der Waals surface area contributed by atoms with Gasteiger partial charge in [-0.3, -0.25) is 4.98 Å². The smallest absolute Gasteiger partial charge is 0.163 e. The van der Waals surface area contributed by atoms with Crippen LogP contribution in [0.15, 0.2) is 42.7 Å². The molecule has 1 unspecified atom stereocenters. The van der Waals surface area contributed by atoms with Crippen molar-refractivity contribution in [2.24, 2.45) is 0 Å². The highest BCUT2D eigenvalue weighted by Gasteiger charge is 2.06. The molecule has 1 heterocycles. The van der Waals surface area contributed by atoms with Crippen LogP contribution in [0.5, 0.6) is 11.5 Å². The van der Waals surface area contributed by atoms with Gasteiger partial charge in [0.2, 0.25) is 0 Å². The molecule has 96 valence electrons. The lowest BCUT2D eigenvalue weighted by Crippen LogP contribution is -1.92. The van der Waals surface area contributed by atoms with Crippen LogP contribution in [0.3, 0.4) is 0 Å². The number of benzene rings is 1. The molecular weight excluding hydrogens is 236 g/mol. The number of rotatable bonds is 4. The summed E-state index contributed by atoms with van der Waals surface area (Å²) in [6.45, 7) is 4.37. The Labute approximate surface area is 113 Å². The number of pyridine rings is 1. The molecule has 1 aromatic carbocycles. The maximum atomic E-state index is 8.99. The standard InChI is InChI=1S/C16H16N2O/c1-3-12(2)13-4-6-15(7-5-13)19-16-11-18-9-8-14(16)10-17/h4-9,11-12H,3H2,1-2H3. The van der Waals surface area contributed by atoms with E-state index >= 15 is 0 Å². The summed E-state index contributed by atoms with van der Waals surface area (Å²) in [4.78, 5) is 3.97. The molecule has 3 nitrogen and oxygen atoms in total. The van der Waals surface area contributed by atoms with Crippen LogP contribution in [0.4, 0.5) is 0 Å². The summed E-state index contributed by atoms with van der Waals surface area (Å²) in [7, 11) is 0. The van der Waals surface area contributed by atoms with E-state index in [4.69, 9.17) is 10.00 Å². The number of ether oxygens (including phenoxy) is 1. The van der Waals surface area contributed by atoms with E-state index in [0.717, 1.165) is 12.2 Å². The molecule has 1 aromatic heterocycles. The molecule has 0 fully saturated rings. The predicted molar refractivity (Wildman–Crippen MR) is 74.2 cm³/mol. The Morgan fingerprint density at radius 1 is 1.26 bits per heavy atom. The lowest BCUT2D eigenvalue weighted by atomic mass is 9.99. The van der Waals surface area contributed by atoms with Gasteiger partial charge >= 0.3 is 0 Å². The first kappa shape index (κ1) is 13.1. The minimum Gasteiger partial charge on any atom is -0.454 e. The van der Waals surface area contributed by atoms with Crippen molar-refractivity contribution in [2.45, 2.75) is 26.2 Å². The summed E-state index contributed by atoms with van der Waals surface area (Å²) in [5.74, 6) is 1.75. The third-order valence-electron chi connectivity index (χ3n) is 3.19. The highest BCUT2D eigenvalue weighted by atomic mass is 16.5. The first-order chi connectivity index (χ1) is 9.24. The van der Waals surface area contributed by atoms with Gasteiger partial charge in [-0.05, 0) is 36.1 Å². The van der Waals surface area contributed by atoms with Crippen LogP contribution in [0.1, 0.15) is 37.3 Å². The van der Waals surface area contributed by atoms with Gasteiger partial charge in [-0.25, -0.2) is 0 Å². The molecule has 0 radical (unpaired) electrons. The third-order valence-corrected chi connectivity index (χ3v) is 3.19. The van der Waals surface area contributed by atoms with E-state index in [9.17, 15) is 0 Å². The SMILES string of the molecule is CCC(C)c1ccc(Oc2cnccc2C#N)cc1. The average Bonchev–Trinajstić information content (AvgIpc) is 2.48. The second-order valence-corrected chi connectivity index (χ2v) is 4.46. The third kappa shape index (κ3) is 3.11. The predicted octanol–water partition coefficient (Wildman–Crippen LogP) is 4.26. The van der Waals surface area contributed by atoms with Crippen LogP contribution in [0.25, 0.3) is 0 Å². The summed E-state index contributed by atoms with van der Waals surface area (Å²) >= 11 is 0. The molecule has 2 rings (SSSR count). The first-order valence-electron chi connectivity index (χ1n) is 6.36. The van der Waals surface area contributed by atoms with Crippen molar-refractivity contribution >= 4 is 0 Å². The highest BCUT2D eigenvalue weighted by Crippen LogP contribution is 2.26. The van der Waals surface area contributed by atoms with Crippen molar-refractivity contribution in [3.8, 4) is 17.6 Å². The monoisotopic (exact) mass is 252 g/mol. The molecule has 0 aliphatic carbocycles. The van der Waals surface area contributed by atoms with Gasteiger partial charge < -0.3 is 4.74 Å². The molecule has 0 saturated heterocycles. The highest BCUT2D eigenvalue weighted by molar-refractivity contribution is 5.43. The number of hydrogen-bond acceptors (Lipinski definition) is 3. The van der Waals surface area contributed by atoms with E-state index in [2.05, 4.69) is 37.0 Å². The zero-order valence-corrected chi connectivity index (χ0v) is 11.1. The molecule has 0 amide bonds. The summed E-state index contributed by atoms with van der Waals surface area (Å²) in [6, 6.07) is 11.7. The normalized spacial score (nSPS) is 11.6. The molecule has 1 atom stereocenters. The van der Waals surface area contributed by atoms with Crippen LogP contribution in [0, 0.1) is 11.3 Å². The van der Waals surface area contributed by atoms with E-state index < -0.39 is 0 Å². The molecule has 0 bridgehead atoms. The largest absolute Gasteiger partial charge is 0.454 e. The number of aromatic nitrogens is 1. The van der Waals surface area contributed by atoms with Crippen LogP contribution >= 0.6 is 0 Å². The van der Waals surface area contributed by atoms with E-state index in [1.165, 1.54) is 5.56 Å². The zero-order valence-electron chi connectivity index (χ0n) is 11.1. The van der Waals surface area contributed by atoms with Crippen molar-refractivity contribution < 1.29 is 4.74 Å². The number of nitrogens with zero attached hydrogens (tertiary/aromatic N) is 2. The molecule has 0 spiro atoms. The lowest BCUT2D eigenvalue weighted by Gasteiger charge is -2.10. The second kappa shape index (κ2) is 6.01. The fourth-order valence-electron chi connectivity index (χ4n) is 1.78. The molecule has 0 saturated carbocycles. The topological polar surface area (TPSA) is 45.9 Å². The molecule has 19 heavy (non-hydrogen) atoms. The van der Waals surface area contributed by atoms with Gasteiger partial charge in [0.05, 0.1) is 11.8 Å². The van der Waals surface area contributed by atoms with E-state index in [-0.39, 0.29) is 0 Å². The Morgan fingerprint density at radius 3 is 2.63 bits per heavy atom. The molecule has 2 aromatic rings. The molecule has 0 aliphatic rings. The van der Waals surface area contributed by atoms with Crippen molar-refractivity contribution in [1.29, 1.82) is 5.26 Å². The van der Waals surface area contributed by atoms with Crippen molar-refractivity contribution in [2.75, 3.05) is 0 Å². The molecule has 0 aliphatic heterocycles. The maximum absolute atomic E-state index is 8.99. The Bertz CT molecular complexity index is 584. The van der Waals surface area contributed by atoms with Gasteiger partial charge in [-0.1, -0.05) is 26.0 Å². The van der Waals surface area contributed by atoms with Crippen molar-refractivity contribution in [3.63, 3.8) is 0 Å². The average molecular weight is 252 g/mol. The quantitative estimate of drug-likeness (QED) is 0.816. The summed E-state index contributed by atoms with van der Waals surface area (Å²) in [5.41, 5.74) is 1.78. The summed E-state index contributed by atoms with van der Waals surface area (Å²) < 4.78 is 5.68. The Morgan fingerprint density at radius 2 is 2.00 bits per heavy atom. The number of hydrogen-bond donors (Lipinski definition) is 0. The Kier molecular flexibility index (Phi) is 4.15. The van der Waals surface area contributed by atoms with E-state index in [1.807, 2.05) is 12.1 Å². The molecule has 3 heteroatoms. The Hall–Kier alpha value is -2.34. The van der Waals surface area contributed by atoms with Crippen LogP contribution in [0.2, 0.25) is 0 Å². The van der Waals surface area contributed by atoms with Gasteiger partial charge in [-0.15, -0.1) is 0 Å². The van der Waals surface area contributed by atoms with Crippen molar-refractivity contribution in [1.82, 2.24) is 4.98 Å². The fraction of sp³-hybridized carbons (Fsp3) is 0.250. The zero-order chi connectivity index (χ0) is 13.7. The van der Waals surface area contributed by atoms with Gasteiger partial charge in [0, 0.05) is 6.20 Å². The Balaban J connectivity index is 2.18. The van der Waals surface area contributed by atoms with Gasteiger partial charge in [-0.2, -0.15) is 5.26 Å². The lowest BCUT2D eigenvalue weighted by molar-refractivity contribution is 0.478. The number of nitriles is 1. The van der Waals surface area contributed by atoms with Gasteiger partial charge in [0.1, 0.15) is 11.8 Å². The van der Waals surface area contributed by atoms with Crippen LogP contribution in [-0.2, 0) is 0 Å². The first-order valence-corrected chi connectivity index (χ1v) is 6.36. The van der Waals surface area contributed by atoms with Crippen LogP contribution in [-0.4, -0.2) is 4.98 Å². The van der Waals surface area contributed by atoms with E-state index in [1.54, 1.807) is 18.5 Å². The maximum Gasteiger partial charge on any atom is 0.163 e. The van der Waals surface area contributed by atoms with E-state index in [0.29, 0.717) is 17.2 Å². The van der Waals surface area contributed by atoms with Gasteiger partial charge in [0.15, 0.2) is 5.75 Å². The molecule has 0 N–H and O–H groups in total. The minimum absolute atomic E-state index is 0.487.